The van der Waals surface area contributed by atoms with Gasteiger partial charge in [-0.3, -0.25) is 0 Å². The summed E-state index contributed by atoms with van der Waals surface area (Å²) in [5, 5.41) is 0.873. The monoisotopic (exact) mass is 411 g/mol. The summed E-state index contributed by atoms with van der Waals surface area (Å²) in [6, 6.07) is 4.45. The van der Waals surface area contributed by atoms with Gasteiger partial charge in [0.2, 0.25) is 0 Å². The van der Waals surface area contributed by atoms with Crippen molar-refractivity contribution in [3.63, 3.8) is 0 Å². The van der Waals surface area contributed by atoms with Crippen LogP contribution in [0.25, 0.3) is 0 Å². The molecule has 0 aliphatic heterocycles. The lowest BCUT2D eigenvalue weighted by molar-refractivity contribution is 0.129. The molecule has 0 heterocycles. The van der Waals surface area contributed by atoms with Crippen LogP contribution in [0.2, 0.25) is 5.02 Å². The first-order valence-electron chi connectivity index (χ1n) is 6.16. The van der Waals surface area contributed by atoms with Crippen LogP contribution < -0.4 is 0 Å². The van der Waals surface area contributed by atoms with Crippen molar-refractivity contribution in [1.82, 2.24) is 0 Å². The lowest BCUT2D eigenvalue weighted by Gasteiger charge is -2.34. The van der Waals surface area contributed by atoms with Crippen molar-refractivity contribution in [2.45, 2.75) is 23.2 Å². The summed E-state index contributed by atoms with van der Waals surface area (Å²) in [6.07, 6.45) is 5.59. The molecule has 0 N–H and O–H groups in total. The second-order valence-electron chi connectivity index (χ2n) is 4.64. The van der Waals surface area contributed by atoms with E-state index in [0.29, 0.717) is 21.7 Å². The molecule has 2 unspecified atom stereocenters. The Kier molecular flexibility index (Phi) is 5.77. The van der Waals surface area contributed by atoms with Crippen molar-refractivity contribution in [2.75, 3.05) is 0 Å². The minimum Gasteiger partial charge on any atom is -0.360 e. The van der Waals surface area contributed by atoms with E-state index in [1.165, 1.54) is 6.07 Å². The van der Waals surface area contributed by atoms with E-state index in [0.717, 1.165) is 0 Å². The van der Waals surface area contributed by atoms with Crippen molar-refractivity contribution in [2.24, 2.45) is 0 Å². The Morgan fingerprint density at radius 2 is 2.05 bits per heavy atom. The molecule has 0 aromatic heterocycles. The Morgan fingerprint density at radius 1 is 1.33 bits per heavy atom. The van der Waals surface area contributed by atoms with Gasteiger partial charge in [-0.25, -0.2) is 4.39 Å². The third kappa shape index (κ3) is 4.02. The van der Waals surface area contributed by atoms with Gasteiger partial charge in [0.1, 0.15) is 16.8 Å². The van der Waals surface area contributed by atoms with E-state index >= 15 is 0 Å². The van der Waals surface area contributed by atoms with Gasteiger partial charge in [0.05, 0.1) is 6.61 Å². The molecule has 1 aromatic rings. The van der Waals surface area contributed by atoms with Crippen LogP contribution in [0.4, 0.5) is 4.39 Å². The maximum atomic E-state index is 13.8. The molecule has 0 saturated heterocycles. The molecule has 1 nitrogen and oxygen atoms in total. The summed E-state index contributed by atoms with van der Waals surface area (Å²) in [5.41, 5.74) is 0.405. The van der Waals surface area contributed by atoms with Crippen LogP contribution in [0, 0.1) is 11.9 Å². The highest BCUT2D eigenvalue weighted by Crippen LogP contribution is 2.42. The van der Waals surface area contributed by atoms with Crippen LogP contribution in [-0.2, 0) is 11.3 Å². The molecule has 0 bridgehead atoms. The van der Waals surface area contributed by atoms with E-state index < -0.39 is 10.7 Å². The Balaban J connectivity index is 2.13. The molecule has 113 valence electrons. The number of ether oxygens (including phenoxy) is 1. The maximum absolute atomic E-state index is 13.8. The van der Waals surface area contributed by atoms with Gasteiger partial charge in [-0.2, -0.15) is 0 Å². The minimum atomic E-state index is -0.908. The highest BCUT2D eigenvalue weighted by atomic mass is 79.9. The second kappa shape index (κ2) is 7.01. The van der Waals surface area contributed by atoms with Gasteiger partial charge >= 0.3 is 0 Å². The zero-order valence-corrected chi connectivity index (χ0v) is 14.9. The predicted molar refractivity (Wildman–Crippen MR) is 89.5 cm³/mol. The quantitative estimate of drug-likeness (QED) is 0.552. The fourth-order valence-corrected chi connectivity index (χ4v) is 2.91. The fraction of sp³-hybridized carbons (Fsp3) is 0.267. The van der Waals surface area contributed by atoms with Gasteiger partial charge in [0.15, 0.2) is 0 Å². The third-order valence-corrected chi connectivity index (χ3v) is 5.18. The number of benzene rings is 1. The average Bonchev–Trinajstić information content (AvgIpc) is 2.39. The van der Waals surface area contributed by atoms with Gasteiger partial charge in [-0.05, 0) is 30.4 Å². The number of halogens is 5. The van der Waals surface area contributed by atoms with Gasteiger partial charge in [-0.15, -0.1) is 11.6 Å². The molecule has 6 heteroatoms. The number of rotatable bonds is 4. The normalized spacial score (nSPS) is 24.0. The molecular formula is C15H12BrCl3FO. The molecule has 1 aliphatic rings. The first-order valence-corrected chi connectivity index (χ1v) is 8.21. The Hall–Kier alpha value is -0.0600. The van der Waals surface area contributed by atoms with Crippen LogP contribution in [0.15, 0.2) is 41.5 Å². The van der Waals surface area contributed by atoms with E-state index in [9.17, 15) is 4.39 Å². The minimum absolute atomic E-state index is 0.0579. The molecule has 2 atom stereocenters. The Morgan fingerprint density at radius 3 is 2.67 bits per heavy atom. The van der Waals surface area contributed by atoms with Crippen LogP contribution in [0.1, 0.15) is 12.5 Å². The largest absolute Gasteiger partial charge is 0.360 e. The molecule has 1 aromatic carbocycles. The molecule has 21 heavy (non-hydrogen) atoms. The number of allylic oxidation sites excluding steroid dienone is 2. The van der Waals surface area contributed by atoms with Crippen molar-refractivity contribution < 1.29 is 9.13 Å². The predicted octanol–water partition coefficient (Wildman–Crippen LogP) is 5.98. The zero-order chi connectivity index (χ0) is 15.6. The van der Waals surface area contributed by atoms with E-state index in [1.54, 1.807) is 30.4 Å². The highest BCUT2D eigenvalue weighted by molar-refractivity contribution is 9.09. The first-order chi connectivity index (χ1) is 9.83. The standard InChI is InChI=1S/C15H12BrCl3FO/c1-9(16)15(19)7-12(18)4-5-14(15)21-8-10-2-3-11(17)6-13(10)20/h2-7,9H,8H2,1H3. The van der Waals surface area contributed by atoms with Gasteiger partial charge in [0, 0.05) is 20.4 Å². The average molecular weight is 414 g/mol. The zero-order valence-electron chi connectivity index (χ0n) is 11.0. The summed E-state index contributed by atoms with van der Waals surface area (Å²) in [4.78, 5) is -1.02. The fourth-order valence-electron chi connectivity index (χ4n) is 1.87. The van der Waals surface area contributed by atoms with Crippen LogP contribution >= 0.6 is 50.7 Å². The van der Waals surface area contributed by atoms with E-state index in [4.69, 9.17) is 39.5 Å². The van der Waals surface area contributed by atoms with Crippen molar-refractivity contribution in [3.8, 4) is 0 Å². The number of alkyl halides is 2. The van der Waals surface area contributed by atoms with E-state index in [2.05, 4.69) is 15.9 Å². The third-order valence-electron chi connectivity index (χ3n) is 3.10. The smallest absolute Gasteiger partial charge is 0.145 e. The van der Waals surface area contributed by atoms with E-state index in [-0.39, 0.29) is 11.4 Å². The summed E-state index contributed by atoms with van der Waals surface area (Å²) in [5.74, 6) is -0.413. The second-order valence-corrected chi connectivity index (χ2v) is 7.51. The van der Waals surface area contributed by atoms with Crippen LogP contribution in [-0.4, -0.2) is 9.70 Å². The SMILES string of the molecule is CC(Br)C1(Cl)C=C(Cl)C=C[C]1OCc1ccc(Cl)cc1F. The summed E-state index contributed by atoms with van der Waals surface area (Å²) >= 11 is 21.7. The summed E-state index contributed by atoms with van der Waals surface area (Å²) < 4.78 is 19.4. The summed E-state index contributed by atoms with van der Waals surface area (Å²) in [6.45, 7) is 1.95. The van der Waals surface area contributed by atoms with Crippen molar-refractivity contribution in [3.05, 3.63) is 64.0 Å². The molecule has 0 fully saturated rings. The van der Waals surface area contributed by atoms with Crippen molar-refractivity contribution >= 4 is 50.7 Å². The first kappa shape index (κ1) is 17.3. The molecular weight excluding hydrogens is 401 g/mol. The Bertz CT molecular complexity index is 588. The molecule has 0 saturated carbocycles. The lowest BCUT2D eigenvalue weighted by Crippen LogP contribution is -2.38. The van der Waals surface area contributed by atoms with Crippen molar-refractivity contribution in [1.29, 1.82) is 0 Å². The number of hydrogen-bond acceptors (Lipinski definition) is 1. The molecule has 1 aliphatic carbocycles. The van der Waals surface area contributed by atoms with Gasteiger partial charge in [0.25, 0.3) is 0 Å². The van der Waals surface area contributed by atoms with Crippen LogP contribution in [0.3, 0.4) is 0 Å². The van der Waals surface area contributed by atoms with E-state index in [1.807, 2.05) is 6.92 Å². The molecule has 0 amide bonds. The molecule has 1 radical (unpaired) electrons. The lowest BCUT2D eigenvalue weighted by atomic mass is 9.93. The topological polar surface area (TPSA) is 9.23 Å². The molecule has 0 spiro atoms. The summed E-state index contributed by atoms with van der Waals surface area (Å²) in [7, 11) is 0. The van der Waals surface area contributed by atoms with Gasteiger partial charge < -0.3 is 4.74 Å². The van der Waals surface area contributed by atoms with Gasteiger partial charge in [-0.1, -0.05) is 52.1 Å². The highest BCUT2D eigenvalue weighted by Gasteiger charge is 2.41. The number of hydrogen-bond donors (Lipinski definition) is 0. The maximum Gasteiger partial charge on any atom is 0.145 e. The van der Waals surface area contributed by atoms with Crippen LogP contribution in [0.5, 0.6) is 0 Å². The molecule has 2 rings (SSSR count). The Labute approximate surface area is 146 Å².